The highest BCUT2D eigenvalue weighted by Gasteiger charge is 2.02. The van der Waals surface area contributed by atoms with Crippen LogP contribution in [0.25, 0.3) is 10.8 Å². The molecule has 0 fully saturated rings. The number of anilines is 1. The average molecular weight is 286 g/mol. The lowest BCUT2D eigenvalue weighted by molar-refractivity contribution is 0.632. The maximum atomic E-state index is 12.2. The lowest BCUT2D eigenvalue weighted by Crippen LogP contribution is -2.26. The molecule has 0 aliphatic heterocycles. The van der Waals surface area contributed by atoms with E-state index >= 15 is 0 Å². The molecule has 3 rings (SSSR count). The van der Waals surface area contributed by atoms with Crippen molar-refractivity contribution in [2.75, 3.05) is 5.32 Å². The van der Waals surface area contributed by atoms with Gasteiger partial charge in [0.15, 0.2) is 0 Å². The lowest BCUT2D eigenvalue weighted by atomic mass is 10.2. The zero-order valence-corrected chi connectivity index (χ0v) is 11.3. The number of fused-ring (bicyclic) bond motifs is 1. The van der Waals surface area contributed by atoms with Gasteiger partial charge in [-0.1, -0.05) is 29.8 Å². The largest absolute Gasteiger partial charge is 0.366 e. The van der Waals surface area contributed by atoms with Gasteiger partial charge in [-0.2, -0.15) is 5.10 Å². The summed E-state index contributed by atoms with van der Waals surface area (Å²) in [7, 11) is 0. The number of benzene rings is 2. The summed E-state index contributed by atoms with van der Waals surface area (Å²) in [5.74, 6) is 0. The fraction of sp³-hybridized carbons (Fsp3) is 0.0667. The molecule has 3 aromatic rings. The Balaban J connectivity index is 1.86. The molecular weight excluding hydrogens is 274 g/mol. The first-order valence-electron chi connectivity index (χ1n) is 6.18. The van der Waals surface area contributed by atoms with Crippen molar-refractivity contribution in [3.63, 3.8) is 0 Å². The van der Waals surface area contributed by atoms with Gasteiger partial charge >= 0.3 is 0 Å². The molecule has 1 N–H and O–H groups in total. The number of hydrogen-bond acceptors (Lipinski definition) is 3. The molecule has 5 heteroatoms. The van der Waals surface area contributed by atoms with E-state index in [1.807, 2.05) is 30.3 Å². The molecule has 0 saturated heterocycles. The molecule has 0 unspecified atom stereocenters. The normalized spacial score (nSPS) is 10.7. The van der Waals surface area contributed by atoms with E-state index in [1.54, 1.807) is 24.4 Å². The minimum atomic E-state index is -0.107. The molecule has 0 atom stereocenters. The van der Waals surface area contributed by atoms with Crippen molar-refractivity contribution in [2.24, 2.45) is 0 Å². The quantitative estimate of drug-likeness (QED) is 0.804. The van der Waals surface area contributed by atoms with Crippen LogP contribution in [0, 0.1) is 0 Å². The molecule has 0 saturated carbocycles. The summed E-state index contributed by atoms with van der Waals surface area (Å²) in [5, 5.41) is 9.48. The number of nitrogens with zero attached hydrogens (tertiary/aromatic N) is 2. The number of rotatable bonds is 3. The van der Waals surface area contributed by atoms with Gasteiger partial charge in [-0.05, 0) is 30.3 Å². The standard InChI is InChI=1S/C15H12ClN3O/c16-12-5-7-13(8-6-12)17-10-19-15(20)14-4-2-1-3-11(14)9-18-19/h1-9,17H,10H2. The molecule has 20 heavy (non-hydrogen) atoms. The van der Waals surface area contributed by atoms with Crippen LogP contribution in [0.4, 0.5) is 5.69 Å². The third-order valence-corrected chi connectivity index (χ3v) is 3.29. The Kier molecular flexibility index (Phi) is 3.39. The molecule has 2 aromatic carbocycles. The van der Waals surface area contributed by atoms with Gasteiger partial charge in [-0.15, -0.1) is 0 Å². The van der Waals surface area contributed by atoms with Crippen LogP contribution < -0.4 is 10.9 Å². The molecule has 1 heterocycles. The maximum Gasteiger partial charge on any atom is 0.276 e. The lowest BCUT2D eigenvalue weighted by Gasteiger charge is -2.08. The van der Waals surface area contributed by atoms with Crippen molar-refractivity contribution < 1.29 is 0 Å². The van der Waals surface area contributed by atoms with Crippen LogP contribution in [0.15, 0.2) is 59.5 Å². The average Bonchev–Trinajstić information content (AvgIpc) is 2.49. The minimum Gasteiger partial charge on any atom is -0.366 e. The Morgan fingerprint density at radius 2 is 1.85 bits per heavy atom. The van der Waals surface area contributed by atoms with Gasteiger partial charge < -0.3 is 5.32 Å². The summed E-state index contributed by atoms with van der Waals surface area (Å²) in [6.07, 6.45) is 1.69. The van der Waals surface area contributed by atoms with Gasteiger partial charge in [0, 0.05) is 16.1 Å². The van der Waals surface area contributed by atoms with Gasteiger partial charge in [0.05, 0.1) is 11.6 Å². The second-order valence-electron chi connectivity index (χ2n) is 4.38. The van der Waals surface area contributed by atoms with Crippen LogP contribution in [0.3, 0.4) is 0 Å². The van der Waals surface area contributed by atoms with Crippen molar-refractivity contribution in [3.8, 4) is 0 Å². The smallest absolute Gasteiger partial charge is 0.276 e. The van der Waals surface area contributed by atoms with E-state index in [-0.39, 0.29) is 5.56 Å². The van der Waals surface area contributed by atoms with Crippen molar-refractivity contribution >= 4 is 28.1 Å². The van der Waals surface area contributed by atoms with Crippen LogP contribution in [-0.4, -0.2) is 9.78 Å². The molecule has 0 amide bonds. The molecule has 0 radical (unpaired) electrons. The molecule has 1 aromatic heterocycles. The van der Waals surface area contributed by atoms with Crippen LogP contribution in [-0.2, 0) is 6.67 Å². The summed E-state index contributed by atoms with van der Waals surface area (Å²) in [6.45, 7) is 0.311. The Morgan fingerprint density at radius 1 is 1.10 bits per heavy atom. The third-order valence-electron chi connectivity index (χ3n) is 3.04. The van der Waals surface area contributed by atoms with Gasteiger partial charge in [0.25, 0.3) is 5.56 Å². The summed E-state index contributed by atoms with van der Waals surface area (Å²) in [5.41, 5.74) is 0.779. The van der Waals surface area contributed by atoms with E-state index in [2.05, 4.69) is 10.4 Å². The summed E-state index contributed by atoms with van der Waals surface area (Å²) >= 11 is 5.82. The highest BCUT2D eigenvalue weighted by molar-refractivity contribution is 6.30. The second kappa shape index (κ2) is 5.35. The number of halogens is 1. The Hall–Kier alpha value is -2.33. The predicted octanol–water partition coefficient (Wildman–Crippen LogP) is 3.12. The van der Waals surface area contributed by atoms with Gasteiger partial charge in [0.2, 0.25) is 0 Å². The van der Waals surface area contributed by atoms with Crippen LogP contribution >= 0.6 is 11.6 Å². The van der Waals surface area contributed by atoms with Crippen molar-refractivity contribution in [3.05, 3.63) is 70.1 Å². The zero-order valence-electron chi connectivity index (χ0n) is 10.6. The Morgan fingerprint density at radius 3 is 2.65 bits per heavy atom. The summed E-state index contributed by atoms with van der Waals surface area (Å²) < 4.78 is 1.40. The predicted molar refractivity (Wildman–Crippen MR) is 81.1 cm³/mol. The molecule has 0 aliphatic rings. The molecule has 100 valence electrons. The summed E-state index contributed by atoms with van der Waals surface area (Å²) in [6, 6.07) is 14.7. The highest BCUT2D eigenvalue weighted by Crippen LogP contribution is 2.13. The maximum absolute atomic E-state index is 12.2. The van der Waals surface area contributed by atoms with E-state index in [9.17, 15) is 4.79 Å². The third kappa shape index (κ3) is 2.51. The minimum absolute atomic E-state index is 0.107. The topological polar surface area (TPSA) is 46.9 Å². The van der Waals surface area contributed by atoms with Crippen molar-refractivity contribution in [1.82, 2.24) is 9.78 Å². The Labute approximate surface area is 120 Å². The van der Waals surface area contributed by atoms with E-state index in [0.717, 1.165) is 11.1 Å². The fourth-order valence-electron chi connectivity index (χ4n) is 1.97. The van der Waals surface area contributed by atoms with Crippen molar-refractivity contribution in [1.29, 1.82) is 0 Å². The first-order chi connectivity index (χ1) is 9.74. The number of nitrogens with one attached hydrogen (secondary N) is 1. The first kappa shape index (κ1) is 12.7. The van der Waals surface area contributed by atoms with E-state index < -0.39 is 0 Å². The molecular formula is C15H12ClN3O. The van der Waals surface area contributed by atoms with E-state index in [1.165, 1.54) is 4.68 Å². The van der Waals surface area contributed by atoms with Crippen LogP contribution in [0.1, 0.15) is 0 Å². The summed E-state index contributed by atoms with van der Waals surface area (Å²) in [4.78, 5) is 12.2. The molecule has 4 nitrogen and oxygen atoms in total. The SMILES string of the molecule is O=c1c2ccccc2cnn1CNc1ccc(Cl)cc1. The fourth-order valence-corrected chi connectivity index (χ4v) is 2.10. The Bertz CT molecular complexity index is 796. The van der Waals surface area contributed by atoms with E-state index in [0.29, 0.717) is 17.1 Å². The first-order valence-corrected chi connectivity index (χ1v) is 6.56. The van der Waals surface area contributed by atoms with Gasteiger partial charge in [-0.25, -0.2) is 4.68 Å². The number of aromatic nitrogens is 2. The second-order valence-corrected chi connectivity index (χ2v) is 4.81. The zero-order chi connectivity index (χ0) is 13.9. The van der Waals surface area contributed by atoms with E-state index in [4.69, 9.17) is 11.6 Å². The van der Waals surface area contributed by atoms with Crippen LogP contribution in [0.2, 0.25) is 5.02 Å². The van der Waals surface area contributed by atoms with Gasteiger partial charge in [0.1, 0.15) is 6.67 Å². The molecule has 0 aliphatic carbocycles. The van der Waals surface area contributed by atoms with Crippen molar-refractivity contribution in [2.45, 2.75) is 6.67 Å². The van der Waals surface area contributed by atoms with Gasteiger partial charge in [-0.3, -0.25) is 4.79 Å². The highest BCUT2D eigenvalue weighted by atomic mass is 35.5. The molecule has 0 spiro atoms. The number of hydrogen-bond donors (Lipinski definition) is 1. The molecule has 0 bridgehead atoms. The monoisotopic (exact) mass is 285 g/mol. The van der Waals surface area contributed by atoms with Crippen LogP contribution in [0.5, 0.6) is 0 Å².